The molecule has 4 heteroatoms. The molecule has 0 radical (unpaired) electrons. The van der Waals surface area contributed by atoms with Gasteiger partial charge in [0.25, 0.3) is 0 Å². The normalized spacial score (nSPS) is 10.9. The summed E-state index contributed by atoms with van der Waals surface area (Å²) in [5.74, 6) is 2.86. The molecule has 0 unspecified atom stereocenters. The van der Waals surface area contributed by atoms with Crippen LogP contribution in [0.2, 0.25) is 0 Å². The van der Waals surface area contributed by atoms with E-state index in [1.807, 2.05) is 19.1 Å². The van der Waals surface area contributed by atoms with E-state index in [1.165, 1.54) is 11.1 Å². The number of rotatable bonds is 3. The van der Waals surface area contributed by atoms with Gasteiger partial charge in [-0.2, -0.15) is 4.98 Å². The van der Waals surface area contributed by atoms with Gasteiger partial charge in [0.05, 0.1) is 5.56 Å². The number of hydrogen-bond acceptors (Lipinski definition) is 4. The summed E-state index contributed by atoms with van der Waals surface area (Å²) in [6.45, 7) is 10.1. The van der Waals surface area contributed by atoms with Crippen molar-refractivity contribution in [2.45, 2.75) is 40.5 Å². The van der Waals surface area contributed by atoms with Gasteiger partial charge in [-0.3, -0.25) is 0 Å². The number of nitrogens with zero attached hydrogens (tertiary/aromatic N) is 2. The molecule has 0 saturated heterocycles. The highest BCUT2D eigenvalue weighted by molar-refractivity contribution is 5.46. The van der Waals surface area contributed by atoms with Crippen molar-refractivity contribution in [3.05, 3.63) is 40.7 Å². The van der Waals surface area contributed by atoms with Crippen LogP contribution in [0.3, 0.4) is 0 Å². The molecule has 0 aliphatic rings. The van der Waals surface area contributed by atoms with E-state index in [0.29, 0.717) is 23.4 Å². The Balaban J connectivity index is 2.33. The molecule has 2 N–H and O–H groups in total. The summed E-state index contributed by atoms with van der Waals surface area (Å²) in [6, 6.07) is 6.10. The van der Waals surface area contributed by atoms with Gasteiger partial charge < -0.3 is 10.5 Å². The zero-order valence-electron chi connectivity index (χ0n) is 12.7. The van der Waals surface area contributed by atoms with Crippen LogP contribution in [0, 0.1) is 20.8 Å². The minimum absolute atomic E-state index is 0.461. The molecular formula is C16H21N3O. The van der Waals surface area contributed by atoms with Crippen molar-refractivity contribution >= 4 is 5.82 Å². The molecule has 1 aromatic carbocycles. The van der Waals surface area contributed by atoms with Gasteiger partial charge in [0.2, 0.25) is 5.88 Å². The average Bonchev–Trinajstić information content (AvgIpc) is 2.35. The zero-order chi connectivity index (χ0) is 14.9. The SMILES string of the molecule is Cc1nc(N)c(C)c(Oc2ccc(C(C)C)c(C)c2)n1. The summed E-state index contributed by atoms with van der Waals surface area (Å²) >= 11 is 0. The first-order valence-corrected chi connectivity index (χ1v) is 6.77. The molecule has 0 fully saturated rings. The van der Waals surface area contributed by atoms with E-state index in [2.05, 4.69) is 36.8 Å². The highest BCUT2D eigenvalue weighted by atomic mass is 16.5. The van der Waals surface area contributed by atoms with Gasteiger partial charge in [-0.05, 0) is 49.9 Å². The van der Waals surface area contributed by atoms with Gasteiger partial charge in [-0.1, -0.05) is 19.9 Å². The maximum atomic E-state index is 5.86. The number of anilines is 1. The molecule has 4 nitrogen and oxygen atoms in total. The molecule has 0 amide bonds. The van der Waals surface area contributed by atoms with Crippen LogP contribution in [-0.4, -0.2) is 9.97 Å². The fourth-order valence-corrected chi connectivity index (χ4v) is 2.19. The van der Waals surface area contributed by atoms with Crippen molar-refractivity contribution in [3.63, 3.8) is 0 Å². The van der Waals surface area contributed by atoms with Crippen molar-refractivity contribution in [1.82, 2.24) is 9.97 Å². The predicted molar refractivity (Wildman–Crippen MR) is 81.3 cm³/mol. The Bertz CT molecular complexity index is 636. The van der Waals surface area contributed by atoms with E-state index in [-0.39, 0.29) is 0 Å². The molecule has 0 aliphatic heterocycles. The minimum Gasteiger partial charge on any atom is -0.439 e. The molecule has 0 bridgehead atoms. The monoisotopic (exact) mass is 271 g/mol. The van der Waals surface area contributed by atoms with Crippen LogP contribution in [0.1, 0.15) is 42.3 Å². The summed E-state index contributed by atoms with van der Waals surface area (Å²) in [4.78, 5) is 8.42. The standard InChI is InChI=1S/C16H21N3O/c1-9(2)14-7-6-13(8-10(14)3)20-16-11(4)15(17)18-12(5)19-16/h6-9H,1-5H3,(H2,17,18,19). The van der Waals surface area contributed by atoms with Crippen LogP contribution in [0.25, 0.3) is 0 Å². The molecule has 0 aliphatic carbocycles. The lowest BCUT2D eigenvalue weighted by Gasteiger charge is -2.13. The number of nitrogens with two attached hydrogens (primary N) is 1. The van der Waals surface area contributed by atoms with E-state index in [0.717, 1.165) is 11.3 Å². The van der Waals surface area contributed by atoms with Gasteiger partial charge in [0, 0.05) is 0 Å². The third-order valence-corrected chi connectivity index (χ3v) is 3.33. The molecule has 1 heterocycles. The fraction of sp³-hybridized carbons (Fsp3) is 0.375. The third-order valence-electron chi connectivity index (χ3n) is 3.33. The second-order valence-electron chi connectivity index (χ2n) is 5.36. The Morgan fingerprint density at radius 1 is 1.10 bits per heavy atom. The Hall–Kier alpha value is -2.10. The maximum absolute atomic E-state index is 5.86. The number of ether oxygens (including phenoxy) is 1. The van der Waals surface area contributed by atoms with Gasteiger partial charge in [-0.15, -0.1) is 0 Å². The Kier molecular flexibility index (Phi) is 3.93. The minimum atomic E-state index is 0.461. The predicted octanol–water partition coefficient (Wildman–Crippen LogP) is 3.90. The number of hydrogen-bond donors (Lipinski definition) is 1. The molecule has 0 saturated carbocycles. The van der Waals surface area contributed by atoms with Crippen molar-refractivity contribution in [1.29, 1.82) is 0 Å². The quantitative estimate of drug-likeness (QED) is 0.919. The number of benzene rings is 1. The summed E-state index contributed by atoms with van der Waals surface area (Å²) < 4.78 is 5.86. The Labute approximate surface area is 120 Å². The van der Waals surface area contributed by atoms with Crippen LogP contribution in [0.4, 0.5) is 5.82 Å². The summed E-state index contributed by atoms with van der Waals surface area (Å²) in [5.41, 5.74) is 9.15. The number of aromatic nitrogens is 2. The van der Waals surface area contributed by atoms with Gasteiger partial charge >= 0.3 is 0 Å². The van der Waals surface area contributed by atoms with Crippen LogP contribution in [0.5, 0.6) is 11.6 Å². The molecule has 2 rings (SSSR count). The van der Waals surface area contributed by atoms with Crippen molar-refractivity contribution in [2.75, 3.05) is 5.73 Å². The lowest BCUT2D eigenvalue weighted by Crippen LogP contribution is -2.02. The molecular weight excluding hydrogens is 250 g/mol. The zero-order valence-corrected chi connectivity index (χ0v) is 12.7. The Morgan fingerprint density at radius 2 is 1.80 bits per heavy atom. The molecule has 20 heavy (non-hydrogen) atoms. The number of aryl methyl sites for hydroxylation is 2. The summed E-state index contributed by atoms with van der Waals surface area (Å²) in [5, 5.41) is 0. The fourth-order valence-electron chi connectivity index (χ4n) is 2.19. The molecule has 106 valence electrons. The van der Waals surface area contributed by atoms with Crippen molar-refractivity contribution < 1.29 is 4.74 Å². The Morgan fingerprint density at radius 3 is 2.40 bits per heavy atom. The molecule has 0 spiro atoms. The van der Waals surface area contributed by atoms with Gasteiger partial charge in [0.15, 0.2) is 0 Å². The summed E-state index contributed by atoms with van der Waals surface area (Å²) in [7, 11) is 0. The summed E-state index contributed by atoms with van der Waals surface area (Å²) in [6.07, 6.45) is 0. The topological polar surface area (TPSA) is 61.0 Å². The first-order valence-electron chi connectivity index (χ1n) is 6.77. The van der Waals surface area contributed by atoms with Gasteiger partial charge in [0.1, 0.15) is 17.4 Å². The van der Waals surface area contributed by atoms with E-state index in [9.17, 15) is 0 Å². The highest BCUT2D eigenvalue weighted by Gasteiger charge is 2.10. The van der Waals surface area contributed by atoms with E-state index in [1.54, 1.807) is 6.92 Å². The van der Waals surface area contributed by atoms with Crippen molar-refractivity contribution in [3.8, 4) is 11.6 Å². The highest BCUT2D eigenvalue weighted by Crippen LogP contribution is 2.29. The second kappa shape index (κ2) is 5.49. The molecule has 2 aromatic rings. The van der Waals surface area contributed by atoms with E-state index >= 15 is 0 Å². The van der Waals surface area contributed by atoms with Crippen LogP contribution >= 0.6 is 0 Å². The van der Waals surface area contributed by atoms with E-state index in [4.69, 9.17) is 10.5 Å². The van der Waals surface area contributed by atoms with Crippen LogP contribution < -0.4 is 10.5 Å². The molecule has 0 atom stereocenters. The number of nitrogen functional groups attached to an aromatic ring is 1. The average molecular weight is 271 g/mol. The van der Waals surface area contributed by atoms with Crippen LogP contribution in [0.15, 0.2) is 18.2 Å². The largest absolute Gasteiger partial charge is 0.439 e. The first kappa shape index (κ1) is 14.3. The lowest BCUT2D eigenvalue weighted by atomic mass is 9.98. The van der Waals surface area contributed by atoms with Crippen LogP contribution in [-0.2, 0) is 0 Å². The van der Waals surface area contributed by atoms with Crippen molar-refractivity contribution in [2.24, 2.45) is 0 Å². The second-order valence-corrected chi connectivity index (χ2v) is 5.36. The lowest BCUT2D eigenvalue weighted by molar-refractivity contribution is 0.455. The molecule has 1 aromatic heterocycles. The smallest absolute Gasteiger partial charge is 0.227 e. The third kappa shape index (κ3) is 2.90. The van der Waals surface area contributed by atoms with Gasteiger partial charge in [-0.25, -0.2) is 4.98 Å². The maximum Gasteiger partial charge on any atom is 0.227 e. The first-order chi connectivity index (χ1) is 9.38. The van der Waals surface area contributed by atoms with E-state index < -0.39 is 0 Å².